The first-order valence-electron chi connectivity index (χ1n) is 7.48. The second-order valence-corrected chi connectivity index (χ2v) is 6.03. The van der Waals surface area contributed by atoms with Crippen molar-refractivity contribution in [1.82, 2.24) is 10.2 Å². The number of primary amides is 1. The first-order chi connectivity index (χ1) is 9.60. The van der Waals surface area contributed by atoms with Crippen molar-refractivity contribution in [3.05, 3.63) is 34.9 Å². The number of benzene rings is 1. The molecule has 2 bridgehead atoms. The van der Waals surface area contributed by atoms with Gasteiger partial charge in [-0.3, -0.25) is 0 Å². The Hall–Kier alpha value is -1.55. The van der Waals surface area contributed by atoms with Gasteiger partial charge in [0.15, 0.2) is 0 Å². The van der Waals surface area contributed by atoms with Gasteiger partial charge < -0.3 is 16.0 Å². The second-order valence-electron chi connectivity index (χ2n) is 6.03. The van der Waals surface area contributed by atoms with E-state index in [0.717, 1.165) is 32.4 Å². The number of piperazine rings is 1. The van der Waals surface area contributed by atoms with Gasteiger partial charge in [0.2, 0.25) is 0 Å². The van der Waals surface area contributed by atoms with Crippen LogP contribution in [0.25, 0.3) is 0 Å². The highest BCUT2D eigenvalue weighted by molar-refractivity contribution is 5.75. The molecule has 2 aliphatic heterocycles. The molecule has 0 aromatic heterocycles. The molecule has 2 heterocycles. The summed E-state index contributed by atoms with van der Waals surface area (Å²) in [6.07, 6.45) is 3.02. The molecular formula is C16H23N3O. The maximum atomic E-state index is 12.0. The van der Waals surface area contributed by atoms with Gasteiger partial charge in [0.1, 0.15) is 0 Å². The van der Waals surface area contributed by atoms with Crippen LogP contribution in [0.5, 0.6) is 0 Å². The van der Waals surface area contributed by atoms with Crippen molar-refractivity contribution in [3.8, 4) is 0 Å². The number of rotatable bonds is 2. The van der Waals surface area contributed by atoms with Crippen molar-refractivity contribution in [1.29, 1.82) is 0 Å². The summed E-state index contributed by atoms with van der Waals surface area (Å²) >= 11 is 0. The molecule has 20 heavy (non-hydrogen) atoms. The number of carbonyl (C=O) groups is 1. The van der Waals surface area contributed by atoms with E-state index in [4.69, 9.17) is 5.73 Å². The fourth-order valence-corrected chi connectivity index (χ4v) is 4.23. The quantitative estimate of drug-likeness (QED) is 0.864. The molecule has 2 aliphatic rings. The number of hydrogen-bond acceptors (Lipinski definition) is 2. The van der Waals surface area contributed by atoms with Crippen LogP contribution >= 0.6 is 0 Å². The van der Waals surface area contributed by atoms with Crippen molar-refractivity contribution >= 4 is 6.03 Å². The molecule has 1 aromatic carbocycles. The summed E-state index contributed by atoms with van der Waals surface area (Å²) in [5.41, 5.74) is 9.38. The van der Waals surface area contributed by atoms with Crippen LogP contribution in [-0.2, 0) is 12.0 Å². The van der Waals surface area contributed by atoms with Crippen LogP contribution in [0, 0.1) is 6.92 Å². The molecule has 4 heteroatoms. The molecule has 2 atom stereocenters. The zero-order valence-corrected chi connectivity index (χ0v) is 12.3. The summed E-state index contributed by atoms with van der Waals surface area (Å²) in [5, 5.41) is 3.50. The normalized spacial score (nSPS) is 28.7. The Morgan fingerprint density at radius 1 is 1.55 bits per heavy atom. The Labute approximate surface area is 120 Å². The fraction of sp³-hybridized carbons (Fsp3) is 0.562. The molecular weight excluding hydrogens is 250 g/mol. The summed E-state index contributed by atoms with van der Waals surface area (Å²) in [4.78, 5) is 14.0. The van der Waals surface area contributed by atoms with Crippen LogP contribution in [0.15, 0.2) is 18.2 Å². The van der Waals surface area contributed by atoms with Crippen molar-refractivity contribution in [2.75, 3.05) is 13.1 Å². The predicted molar refractivity (Wildman–Crippen MR) is 79.5 cm³/mol. The topological polar surface area (TPSA) is 58.4 Å². The molecule has 2 amide bonds. The maximum absolute atomic E-state index is 12.0. The van der Waals surface area contributed by atoms with Gasteiger partial charge in [-0.2, -0.15) is 0 Å². The van der Waals surface area contributed by atoms with Crippen molar-refractivity contribution < 1.29 is 4.79 Å². The summed E-state index contributed by atoms with van der Waals surface area (Å²) in [7, 11) is 0. The highest BCUT2D eigenvalue weighted by Crippen LogP contribution is 2.46. The molecule has 2 fully saturated rings. The smallest absolute Gasteiger partial charge is 0.315 e. The minimum atomic E-state index is -0.278. The number of nitrogens with one attached hydrogen (secondary N) is 1. The van der Waals surface area contributed by atoms with Crippen molar-refractivity contribution in [2.45, 2.75) is 44.7 Å². The number of aryl methyl sites for hydroxylation is 2. The second kappa shape index (κ2) is 4.77. The van der Waals surface area contributed by atoms with Gasteiger partial charge in [0, 0.05) is 19.1 Å². The molecule has 108 valence electrons. The first kappa shape index (κ1) is 13.4. The third-order valence-corrected chi connectivity index (χ3v) is 4.96. The SMILES string of the molecule is CCc1cccc(C)c1C12CCC(CNC1)N2C(N)=O. The Balaban J connectivity index is 2.18. The molecule has 2 unspecified atom stereocenters. The van der Waals surface area contributed by atoms with E-state index in [1.54, 1.807) is 0 Å². The number of amides is 2. The Morgan fingerprint density at radius 2 is 2.35 bits per heavy atom. The first-order valence-corrected chi connectivity index (χ1v) is 7.48. The molecule has 4 nitrogen and oxygen atoms in total. The van der Waals surface area contributed by atoms with Gasteiger partial charge in [-0.05, 0) is 42.9 Å². The Bertz CT molecular complexity index is 539. The number of nitrogens with zero attached hydrogens (tertiary/aromatic N) is 1. The molecule has 0 spiro atoms. The molecule has 1 aromatic rings. The minimum Gasteiger partial charge on any atom is -0.351 e. The fourth-order valence-electron chi connectivity index (χ4n) is 4.23. The highest BCUT2D eigenvalue weighted by Gasteiger charge is 2.52. The lowest BCUT2D eigenvalue weighted by atomic mass is 9.80. The molecule has 3 N–H and O–H groups in total. The van der Waals surface area contributed by atoms with Crippen LogP contribution < -0.4 is 11.1 Å². The van der Waals surface area contributed by atoms with Gasteiger partial charge in [-0.15, -0.1) is 0 Å². The number of nitrogens with two attached hydrogens (primary N) is 1. The van der Waals surface area contributed by atoms with Crippen LogP contribution in [0.4, 0.5) is 4.79 Å². The van der Waals surface area contributed by atoms with Crippen molar-refractivity contribution in [2.24, 2.45) is 5.73 Å². The molecule has 3 rings (SSSR count). The average molecular weight is 273 g/mol. The zero-order valence-electron chi connectivity index (χ0n) is 12.3. The Morgan fingerprint density at radius 3 is 3.05 bits per heavy atom. The maximum Gasteiger partial charge on any atom is 0.315 e. The molecule has 0 aliphatic carbocycles. The summed E-state index contributed by atoms with van der Waals surface area (Å²) in [5.74, 6) is 0. The lowest BCUT2D eigenvalue weighted by Crippen LogP contribution is -2.62. The Kier molecular flexibility index (Phi) is 3.21. The van der Waals surface area contributed by atoms with Gasteiger partial charge in [-0.1, -0.05) is 25.1 Å². The van der Waals surface area contributed by atoms with Gasteiger partial charge in [0.25, 0.3) is 0 Å². The third kappa shape index (κ3) is 1.74. The van der Waals surface area contributed by atoms with E-state index in [1.165, 1.54) is 16.7 Å². The largest absolute Gasteiger partial charge is 0.351 e. The average Bonchev–Trinajstić information content (AvgIpc) is 2.66. The summed E-state index contributed by atoms with van der Waals surface area (Å²) < 4.78 is 0. The summed E-state index contributed by atoms with van der Waals surface area (Å²) in [6, 6.07) is 6.39. The van der Waals surface area contributed by atoms with Crippen molar-refractivity contribution in [3.63, 3.8) is 0 Å². The molecule has 2 saturated heterocycles. The zero-order chi connectivity index (χ0) is 14.3. The lowest BCUT2D eigenvalue weighted by Gasteiger charge is -2.46. The number of carbonyl (C=O) groups excluding carboxylic acids is 1. The van der Waals surface area contributed by atoms with E-state index in [2.05, 4.69) is 37.4 Å². The number of fused-ring (bicyclic) bond motifs is 2. The molecule has 0 radical (unpaired) electrons. The highest BCUT2D eigenvalue weighted by atomic mass is 16.2. The van der Waals surface area contributed by atoms with Gasteiger partial charge >= 0.3 is 6.03 Å². The van der Waals surface area contributed by atoms with Gasteiger partial charge in [0.05, 0.1) is 5.54 Å². The lowest BCUT2D eigenvalue weighted by molar-refractivity contribution is 0.0985. The summed E-state index contributed by atoms with van der Waals surface area (Å²) in [6.45, 7) is 5.99. The van der Waals surface area contributed by atoms with Gasteiger partial charge in [-0.25, -0.2) is 4.79 Å². The molecule has 0 saturated carbocycles. The number of hydrogen-bond donors (Lipinski definition) is 2. The van der Waals surface area contributed by atoms with E-state index < -0.39 is 0 Å². The standard InChI is InChI=1S/C16H23N3O/c1-3-12-6-4-5-11(2)14(12)16-8-7-13(9-18-10-16)19(16)15(17)20/h4-6,13,18H,3,7-10H2,1-2H3,(H2,17,20). The van der Waals surface area contributed by atoms with E-state index >= 15 is 0 Å². The van der Waals surface area contributed by atoms with Crippen LogP contribution in [0.1, 0.15) is 36.5 Å². The van der Waals surface area contributed by atoms with E-state index in [1.807, 2.05) is 4.90 Å². The van der Waals surface area contributed by atoms with E-state index in [0.29, 0.717) is 0 Å². The van der Waals surface area contributed by atoms with Crippen LogP contribution in [0.2, 0.25) is 0 Å². The third-order valence-electron chi connectivity index (χ3n) is 4.96. The number of urea groups is 1. The van der Waals surface area contributed by atoms with E-state index in [-0.39, 0.29) is 17.6 Å². The van der Waals surface area contributed by atoms with Crippen LogP contribution in [0.3, 0.4) is 0 Å². The van der Waals surface area contributed by atoms with Crippen LogP contribution in [-0.4, -0.2) is 30.1 Å². The predicted octanol–water partition coefficient (Wildman–Crippen LogP) is 1.90. The minimum absolute atomic E-state index is 0.241. The van der Waals surface area contributed by atoms with E-state index in [9.17, 15) is 4.79 Å². The monoisotopic (exact) mass is 273 g/mol.